The zero-order chi connectivity index (χ0) is 19.2. The summed E-state index contributed by atoms with van der Waals surface area (Å²) >= 11 is 0. The van der Waals surface area contributed by atoms with Crippen LogP contribution in [-0.2, 0) is 10.2 Å². The van der Waals surface area contributed by atoms with E-state index in [4.69, 9.17) is 9.47 Å². The van der Waals surface area contributed by atoms with Gasteiger partial charge in [0.25, 0.3) is 0 Å². The van der Waals surface area contributed by atoms with E-state index in [0.717, 1.165) is 16.8 Å². The Bertz CT molecular complexity index is 934. The smallest absolute Gasteiger partial charge is 0.305 e. The van der Waals surface area contributed by atoms with E-state index in [0.29, 0.717) is 18.0 Å². The summed E-state index contributed by atoms with van der Waals surface area (Å²) in [7, 11) is 1.63. The van der Waals surface area contributed by atoms with E-state index < -0.39 is 17.1 Å². The summed E-state index contributed by atoms with van der Waals surface area (Å²) < 4.78 is 12.2. The van der Waals surface area contributed by atoms with Gasteiger partial charge in [-0.3, -0.25) is 4.79 Å². The molecule has 0 saturated heterocycles. The molecule has 1 N–H and O–H groups in total. The number of carboxylic acids is 1. The van der Waals surface area contributed by atoms with E-state index >= 15 is 0 Å². The monoisotopic (exact) mass is 365 g/mol. The predicted octanol–water partition coefficient (Wildman–Crippen LogP) is 4.07. The van der Waals surface area contributed by atoms with Crippen molar-refractivity contribution in [2.24, 2.45) is 0 Å². The molecule has 0 amide bonds. The highest BCUT2D eigenvalue weighted by Crippen LogP contribution is 2.55. The Kier molecular flexibility index (Phi) is 3.91. The van der Waals surface area contributed by atoms with Crippen LogP contribution in [0.25, 0.3) is 6.08 Å². The molecule has 0 saturated carbocycles. The normalized spacial score (nSPS) is 21.5. The second kappa shape index (κ2) is 6.05. The number of nitrogens with zero attached hydrogens (tertiary/aromatic N) is 1. The van der Waals surface area contributed by atoms with Gasteiger partial charge in [-0.25, -0.2) is 0 Å². The maximum atomic E-state index is 11.3. The van der Waals surface area contributed by atoms with Crippen molar-refractivity contribution in [1.82, 2.24) is 0 Å². The minimum atomic E-state index is -0.829. The van der Waals surface area contributed by atoms with Gasteiger partial charge >= 0.3 is 5.97 Å². The molecular formula is C22H23NO4. The summed E-state index contributed by atoms with van der Waals surface area (Å²) in [5.41, 5.74) is 1.88. The van der Waals surface area contributed by atoms with Crippen molar-refractivity contribution in [3.63, 3.8) is 0 Å². The number of aliphatic carboxylic acids is 1. The summed E-state index contributed by atoms with van der Waals surface area (Å²) in [6.45, 7) is 4.62. The van der Waals surface area contributed by atoms with Gasteiger partial charge in [-0.15, -0.1) is 0 Å². The SMILES string of the molecule is COc1cccc2c1OC1(C=C2)N(CCC(=O)O)c2ccccc2C1(C)C. The van der Waals surface area contributed by atoms with Crippen LogP contribution in [0.4, 0.5) is 5.69 Å². The standard InChI is InChI=1S/C22H23NO4/c1-21(2)16-8-4-5-9-17(16)23(14-12-19(24)25)22(21)13-11-15-7-6-10-18(26-3)20(15)27-22/h4-11,13H,12,14H2,1-3H3,(H,24,25). The number of methoxy groups -OCH3 is 1. The maximum Gasteiger partial charge on any atom is 0.305 e. The van der Waals surface area contributed by atoms with Crippen molar-refractivity contribution in [2.75, 3.05) is 18.6 Å². The number of anilines is 1. The Hall–Kier alpha value is -2.95. The maximum absolute atomic E-state index is 11.3. The highest BCUT2D eigenvalue weighted by Gasteiger charge is 2.58. The first-order valence-electron chi connectivity index (χ1n) is 9.05. The second-order valence-corrected chi connectivity index (χ2v) is 7.45. The number of hydrogen-bond acceptors (Lipinski definition) is 4. The van der Waals surface area contributed by atoms with Gasteiger partial charge in [0.1, 0.15) is 0 Å². The fourth-order valence-corrected chi connectivity index (χ4v) is 4.25. The molecule has 1 atom stereocenters. The van der Waals surface area contributed by atoms with Crippen molar-refractivity contribution in [1.29, 1.82) is 0 Å². The average Bonchev–Trinajstić information content (AvgIpc) is 2.84. The lowest BCUT2D eigenvalue weighted by molar-refractivity contribution is -0.136. The van der Waals surface area contributed by atoms with Gasteiger partial charge in [-0.1, -0.05) is 30.3 Å². The fourth-order valence-electron chi connectivity index (χ4n) is 4.25. The summed E-state index contributed by atoms with van der Waals surface area (Å²) in [5.74, 6) is 0.523. The molecule has 2 aliphatic rings. The number of carbonyl (C=O) groups is 1. The molecule has 2 aromatic rings. The first kappa shape index (κ1) is 17.5. The molecule has 0 bridgehead atoms. The molecule has 2 aromatic carbocycles. The van der Waals surface area contributed by atoms with Gasteiger partial charge in [0.15, 0.2) is 11.5 Å². The fraction of sp³-hybridized carbons (Fsp3) is 0.318. The van der Waals surface area contributed by atoms with E-state index in [-0.39, 0.29) is 6.42 Å². The van der Waals surface area contributed by atoms with Gasteiger partial charge in [-0.2, -0.15) is 0 Å². The molecule has 27 heavy (non-hydrogen) atoms. The second-order valence-electron chi connectivity index (χ2n) is 7.45. The molecule has 0 aliphatic carbocycles. The molecule has 5 heteroatoms. The third-order valence-electron chi connectivity index (χ3n) is 5.69. The molecule has 1 spiro atoms. The van der Waals surface area contributed by atoms with Gasteiger partial charge < -0.3 is 19.5 Å². The molecule has 4 rings (SSSR count). The lowest BCUT2D eigenvalue weighted by Gasteiger charge is -2.47. The van der Waals surface area contributed by atoms with Crippen LogP contribution >= 0.6 is 0 Å². The molecule has 2 aliphatic heterocycles. The van der Waals surface area contributed by atoms with Crippen LogP contribution in [0.15, 0.2) is 48.5 Å². The van der Waals surface area contributed by atoms with Crippen LogP contribution in [0.3, 0.4) is 0 Å². The third kappa shape index (κ3) is 2.41. The van der Waals surface area contributed by atoms with E-state index in [9.17, 15) is 9.90 Å². The topological polar surface area (TPSA) is 59.0 Å². The van der Waals surface area contributed by atoms with E-state index in [1.54, 1.807) is 7.11 Å². The third-order valence-corrected chi connectivity index (χ3v) is 5.69. The van der Waals surface area contributed by atoms with Gasteiger partial charge in [0.05, 0.1) is 18.9 Å². The average molecular weight is 365 g/mol. The number of benzene rings is 2. The zero-order valence-corrected chi connectivity index (χ0v) is 15.7. The Balaban J connectivity index is 1.88. The van der Waals surface area contributed by atoms with Crippen molar-refractivity contribution in [2.45, 2.75) is 31.4 Å². The van der Waals surface area contributed by atoms with Crippen LogP contribution in [0, 0.1) is 0 Å². The molecule has 0 radical (unpaired) electrons. The summed E-state index contributed by atoms with van der Waals surface area (Å²) in [6.07, 6.45) is 4.13. The van der Waals surface area contributed by atoms with Crippen molar-refractivity contribution in [3.8, 4) is 11.5 Å². The van der Waals surface area contributed by atoms with Crippen LogP contribution in [0.5, 0.6) is 11.5 Å². The van der Waals surface area contributed by atoms with Crippen LogP contribution in [0.1, 0.15) is 31.4 Å². The highest BCUT2D eigenvalue weighted by molar-refractivity contribution is 5.75. The molecule has 0 aromatic heterocycles. The summed E-state index contributed by atoms with van der Waals surface area (Å²) in [5, 5.41) is 9.27. The molecular weight excluding hydrogens is 342 g/mol. The molecule has 0 fully saturated rings. The predicted molar refractivity (Wildman–Crippen MR) is 104 cm³/mol. The first-order chi connectivity index (χ1) is 12.9. The number of ether oxygens (including phenoxy) is 2. The first-order valence-corrected chi connectivity index (χ1v) is 9.05. The lowest BCUT2D eigenvalue weighted by atomic mass is 9.76. The molecule has 2 heterocycles. The zero-order valence-electron chi connectivity index (χ0n) is 15.7. The quantitative estimate of drug-likeness (QED) is 0.885. The Labute approximate surface area is 158 Å². The van der Waals surface area contributed by atoms with E-state index in [2.05, 4.69) is 30.9 Å². The minimum Gasteiger partial charge on any atom is -0.493 e. The van der Waals surface area contributed by atoms with Crippen molar-refractivity contribution < 1.29 is 19.4 Å². The van der Waals surface area contributed by atoms with Gasteiger partial charge in [0, 0.05) is 17.8 Å². The van der Waals surface area contributed by atoms with Gasteiger partial charge in [-0.05, 0) is 43.7 Å². The van der Waals surface area contributed by atoms with Crippen molar-refractivity contribution >= 4 is 17.7 Å². The Morgan fingerprint density at radius 1 is 1.19 bits per heavy atom. The number of hydrogen-bond donors (Lipinski definition) is 1. The van der Waals surface area contributed by atoms with Gasteiger partial charge in [0.2, 0.25) is 5.72 Å². The lowest BCUT2D eigenvalue weighted by Crippen LogP contribution is -2.60. The number of fused-ring (bicyclic) bond motifs is 2. The summed E-state index contributed by atoms with van der Waals surface area (Å²) in [4.78, 5) is 13.4. The van der Waals surface area contributed by atoms with Crippen LogP contribution in [-0.4, -0.2) is 30.5 Å². The number of rotatable bonds is 4. The molecule has 5 nitrogen and oxygen atoms in total. The van der Waals surface area contributed by atoms with Crippen LogP contribution < -0.4 is 14.4 Å². The number of para-hydroxylation sites is 2. The highest BCUT2D eigenvalue weighted by atomic mass is 16.5. The van der Waals surface area contributed by atoms with Crippen LogP contribution in [0.2, 0.25) is 0 Å². The largest absolute Gasteiger partial charge is 0.493 e. The Morgan fingerprint density at radius 2 is 1.96 bits per heavy atom. The van der Waals surface area contributed by atoms with Crippen molar-refractivity contribution in [3.05, 3.63) is 59.7 Å². The number of carboxylic acid groups (broad SMARTS) is 1. The molecule has 140 valence electrons. The van der Waals surface area contributed by atoms with E-state index in [1.165, 1.54) is 0 Å². The van der Waals surface area contributed by atoms with E-state index in [1.807, 2.05) is 42.5 Å². The Morgan fingerprint density at radius 3 is 2.70 bits per heavy atom. The minimum absolute atomic E-state index is 0.0299. The molecule has 1 unspecified atom stereocenters. The summed E-state index contributed by atoms with van der Waals surface area (Å²) in [6, 6.07) is 13.9.